The first-order chi connectivity index (χ1) is 7.77. The fourth-order valence-electron chi connectivity index (χ4n) is 2.26. The van der Waals surface area contributed by atoms with Crippen molar-refractivity contribution in [2.24, 2.45) is 0 Å². The van der Waals surface area contributed by atoms with E-state index in [2.05, 4.69) is 21.2 Å². The summed E-state index contributed by atoms with van der Waals surface area (Å²) >= 11 is 3.42. The molecule has 1 fully saturated rings. The summed E-state index contributed by atoms with van der Waals surface area (Å²) in [5.41, 5.74) is 0.703. The second-order valence-electron chi connectivity index (χ2n) is 4.01. The van der Waals surface area contributed by atoms with Gasteiger partial charge in [0.1, 0.15) is 5.82 Å². The van der Waals surface area contributed by atoms with Gasteiger partial charge in [-0.2, -0.15) is 0 Å². The SMILES string of the molecule is Fc1cc2c(c(Br)c1C1CCNC1)OCO2. The van der Waals surface area contributed by atoms with Crippen molar-refractivity contribution in [1.29, 1.82) is 0 Å². The molecule has 1 aromatic carbocycles. The normalized spacial score (nSPS) is 22.8. The van der Waals surface area contributed by atoms with E-state index in [9.17, 15) is 4.39 Å². The molecule has 0 amide bonds. The summed E-state index contributed by atoms with van der Waals surface area (Å²) < 4.78 is 25.2. The van der Waals surface area contributed by atoms with Crippen molar-refractivity contribution in [3.8, 4) is 11.5 Å². The van der Waals surface area contributed by atoms with Crippen molar-refractivity contribution in [1.82, 2.24) is 5.32 Å². The molecule has 2 aliphatic heterocycles. The Morgan fingerprint density at radius 1 is 1.44 bits per heavy atom. The lowest BCUT2D eigenvalue weighted by molar-refractivity contribution is 0.173. The van der Waals surface area contributed by atoms with Crippen molar-refractivity contribution in [2.75, 3.05) is 19.9 Å². The van der Waals surface area contributed by atoms with Crippen LogP contribution < -0.4 is 14.8 Å². The number of benzene rings is 1. The number of rotatable bonds is 1. The van der Waals surface area contributed by atoms with Crippen molar-refractivity contribution < 1.29 is 13.9 Å². The van der Waals surface area contributed by atoms with Crippen LogP contribution in [0.3, 0.4) is 0 Å². The van der Waals surface area contributed by atoms with Crippen LogP contribution in [0.5, 0.6) is 11.5 Å². The van der Waals surface area contributed by atoms with Gasteiger partial charge in [-0.1, -0.05) is 0 Å². The van der Waals surface area contributed by atoms with Crippen LogP contribution in [0.1, 0.15) is 17.9 Å². The Balaban J connectivity index is 2.10. The minimum Gasteiger partial charge on any atom is -0.453 e. The Morgan fingerprint density at radius 3 is 3.06 bits per heavy atom. The molecule has 0 spiro atoms. The molecule has 0 bridgehead atoms. The van der Waals surface area contributed by atoms with Crippen molar-refractivity contribution in [3.05, 3.63) is 21.9 Å². The molecule has 86 valence electrons. The fourth-order valence-corrected chi connectivity index (χ4v) is 3.09. The van der Waals surface area contributed by atoms with E-state index in [1.807, 2.05) is 0 Å². The predicted molar refractivity (Wildman–Crippen MR) is 60.5 cm³/mol. The van der Waals surface area contributed by atoms with Gasteiger partial charge in [-0.05, 0) is 28.9 Å². The topological polar surface area (TPSA) is 30.5 Å². The van der Waals surface area contributed by atoms with Gasteiger partial charge in [0.25, 0.3) is 0 Å². The van der Waals surface area contributed by atoms with Crippen LogP contribution in [0, 0.1) is 5.82 Å². The highest BCUT2D eigenvalue weighted by Gasteiger charge is 2.29. The van der Waals surface area contributed by atoms with E-state index in [1.165, 1.54) is 6.07 Å². The highest BCUT2D eigenvalue weighted by Crippen LogP contribution is 2.45. The van der Waals surface area contributed by atoms with E-state index in [0.29, 0.717) is 21.5 Å². The van der Waals surface area contributed by atoms with Gasteiger partial charge in [-0.15, -0.1) is 0 Å². The summed E-state index contributed by atoms with van der Waals surface area (Å²) in [6, 6.07) is 1.42. The summed E-state index contributed by atoms with van der Waals surface area (Å²) in [4.78, 5) is 0. The zero-order valence-electron chi connectivity index (χ0n) is 8.56. The maximum atomic E-state index is 14.0. The second-order valence-corrected chi connectivity index (χ2v) is 4.80. The average molecular weight is 288 g/mol. The molecule has 3 nitrogen and oxygen atoms in total. The van der Waals surface area contributed by atoms with E-state index in [1.54, 1.807) is 0 Å². The number of hydrogen-bond acceptors (Lipinski definition) is 3. The molecule has 1 atom stereocenters. The maximum Gasteiger partial charge on any atom is 0.231 e. The highest BCUT2D eigenvalue weighted by atomic mass is 79.9. The lowest BCUT2D eigenvalue weighted by Crippen LogP contribution is -2.09. The number of halogens is 2. The van der Waals surface area contributed by atoms with Crippen LogP contribution in [0.2, 0.25) is 0 Å². The van der Waals surface area contributed by atoms with Gasteiger partial charge in [0.05, 0.1) is 4.47 Å². The first-order valence-corrected chi connectivity index (χ1v) is 6.05. The molecule has 2 aliphatic rings. The molecule has 0 radical (unpaired) electrons. The monoisotopic (exact) mass is 287 g/mol. The van der Waals surface area contributed by atoms with Gasteiger partial charge in [-0.25, -0.2) is 4.39 Å². The Kier molecular flexibility index (Phi) is 2.52. The lowest BCUT2D eigenvalue weighted by atomic mass is 9.97. The summed E-state index contributed by atoms with van der Waals surface area (Å²) in [5.74, 6) is 1.11. The van der Waals surface area contributed by atoms with Crippen LogP contribution in [0.25, 0.3) is 0 Å². The molecule has 16 heavy (non-hydrogen) atoms. The first-order valence-electron chi connectivity index (χ1n) is 5.25. The van der Waals surface area contributed by atoms with Gasteiger partial charge in [0.15, 0.2) is 11.5 Å². The van der Waals surface area contributed by atoms with E-state index < -0.39 is 0 Å². The average Bonchev–Trinajstić information content (AvgIpc) is 2.87. The van der Waals surface area contributed by atoms with Crippen LogP contribution in [-0.2, 0) is 0 Å². The molecule has 1 unspecified atom stereocenters. The molecular weight excluding hydrogens is 277 g/mol. The van der Waals surface area contributed by atoms with E-state index in [4.69, 9.17) is 9.47 Å². The van der Waals surface area contributed by atoms with E-state index in [-0.39, 0.29) is 18.5 Å². The minimum atomic E-state index is -0.218. The molecule has 3 rings (SSSR count). The first kappa shape index (κ1) is 10.4. The van der Waals surface area contributed by atoms with Gasteiger partial charge in [-0.3, -0.25) is 0 Å². The zero-order valence-corrected chi connectivity index (χ0v) is 10.1. The lowest BCUT2D eigenvalue weighted by Gasteiger charge is -2.14. The Morgan fingerprint density at radius 2 is 2.31 bits per heavy atom. The molecule has 0 saturated carbocycles. The third-order valence-electron chi connectivity index (χ3n) is 3.06. The van der Waals surface area contributed by atoms with E-state index in [0.717, 1.165) is 19.5 Å². The Hall–Kier alpha value is -0.810. The standard InChI is InChI=1S/C11H11BrFNO2/c12-10-9(6-1-2-14-4-6)7(13)3-8-11(10)16-5-15-8/h3,6,14H,1-2,4-5H2. The van der Waals surface area contributed by atoms with Crippen molar-refractivity contribution in [2.45, 2.75) is 12.3 Å². The zero-order chi connectivity index (χ0) is 11.1. The van der Waals surface area contributed by atoms with Crippen LogP contribution in [0.4, 0.5) is 4.39 Å². The third kappa shape index (κ3) is 1.50. The van der Waals surface area contributed by atoms with Crippen LogP contribution >= 0.6 is 15.9 Å². The minimum absolute atomic E-state index is 0.166. The molecule has 0 aliphatic carbocycles. The smallest absolute Gasteiger partial charge is 0.231 e. The largest absolute Gasteiger partial charge is 0.453 e. The molecule has 0 aromatic heterocycles. The summed E-state index contributed by atoms with van der Waals surface area (Å²) in [6.07, 6.45) is 0.954. The van der Waals surface area contributed by atoms with Crippen LogP contribution in [-0.4, -0.2) is 19.9 Å². The Bertz CT molecular complexity index is 432. The third-order valence-corrected chi connectivity index (χ3v) is 3.85. The van der Waals surface area contributed by atoms with Crippen LogP contribution in [0.15, 0.2) is 10.5 Å². The predicted octanol–water partition coefficient (Wildman–Crippen LogP) is 2.39. The van der Waals surface area contributed by atoms with E-state index >= 15 is 0 Å². The number of hydrogen-bond donors (Lipinski definition) is 1. The second kappa shape index (κ2) is 3.89. The maximum absolute atomic E-state index is 14.0. The van der Waals surface area contributed by atoms with Gasteiger partial charge in [0.2, 0.25) is 6.79 Å². The summed E-state index contributed by atoms with van der Waals surface area (Å²) in [6.45, 7) is 1.92. The summed E-state index contributed by atoms with van der Waals surface area (Å²) in [7, 11) is 0. The van der Waals surface area contributed by atoms with Crippen molar-refractivity contribution >= 4 is 15.9 Å². The molecule has 1 saturated heterocycles. The quantitative estimate of drug-likeness (QED) is 0.860. The molecule has 1 aromatic rings. The highest BCUT2D eigenvalue weighted by molar-refractivity contribution is 9.10. The van der Waals surface area contributed by atoms with Gasteiger partial charge in [0, 0.05) is 24.1 Å². The number of fused-ring (bicyclic) bond motifs is 1. The fraction of sp³-hybridized carbons (Fsp3) is 0.455. The summed E-state index contributed by atoms with van der Waals surface area (Å²) in [5, 5.41) is 3.23. The molecular formula is C11H11BrFNO2. The molecule has 1 N–H and O–H groups in total. The Labute approximate surface area is 101 Å². The molecule has 5 heteroatoms. The number of nitrogens with one attached hydrogen (secondary N) is 1. The van der Waals surface area contributed by atoms with Crippen molar-refractivity contribution in [3.63, 3.8) is 0 Å². The number of ether oxygens (including phenoxy) is 2. The van der Waals surface area contributed by atoms with Gasteiger partial charge >= 0.3 is 0 Å². The molecule has 2 heterocycles. The van der Waals surface area contributed by atoms with Gasteiger partial charge < -0.3 is 14.8 Å².